The predicted octanol–water partition coefficient (Wildman–Crippen LogP) is 4.52. The van der Waals surface area contributed by atoms with Gasteiger partial charge in [-0.15, -0.1) is 0 Å². The number of benzene rings is 2. The lowest BCUT2D eigenvalue weighted by molar-refractivity contribution is -0.120. The molecule has 0 atom stereocenters. The van der Waals surface area contributed by atoms with E-state index < -0.39 is 0 Å². The first-order valence-corrected chi connectivity index (χ1v) is 11.1. The Bertz CT molecular complexity index is 864. The van der Waals surface area contributed by atoms with Crippen LogP contribution in [0.5, 0.6) is 0 Å². The van der Waals surface area contributed by atoms with E-state index >= 15 is 0 Å². The van der Waals surface area contributed by atoms with Crippen LogP contribution in [0.3, 0.4) is 0 Å². The molecule has 0 saturated carbocycles. The molecule has 1 amide bonds. The highest BCUT2D eigenvalue weighted by molar-refractivity contribution is 7.80. The second-order valence-corrected chi connectivity index (χ2v) is 8.82. The van der Waals surface area contributed by atoms with Crippen molar-refractivity contribution in [3.8, 4) is 0 Å². The monoisotopic (exact) mass is 444 g/mol. The van der Waals surface area contributed by atoms with Gasteiger partial charge in [0.1, 0.15) is 0 Å². The lowest BCUT2D eigenvalue weighted by atomic mass is 10.1. The number of carbonyl (C=O) groups excluding carboxylic acids is 1. The van der Waals surface area contributed by atoms with E-state index in [4.69, 9.17) is 23.8 Å². The molecule has 0 aliphatic carbocycles. The molecule has 1 heterocycles. The van der Waals surface area contributed by atoms with Crippen LogP contribution in [0, 0.1) is 5.92 Å². The molecule has 0 unspecified atom stereocenters. The number of halogens is 1. The van der Waals surface area contributed by atoms with Gasteiger partial charge in [0.25, 0.3) is 0 Å². The van der Waals surface area contributed by atoms with Crippen LogP contribution in [0.1, 0.15) is 25.8 Å². The highest BCUT2D eigenvalue weighted by atomic mass is 35.5. The van der Waals surface area contributed by atoms with Crippen LogP contribution in [0.2, 0.25) is 5.02 Å². The van der Waals surface area contributed by atoms with Crippen molar-refractivity contribution in [1.82, 2.24) is 10.2 Å². The van der Waals surface area contributed by atoms with Crippen molar-refractivity contribution in [2.24, 2.45) is 5.92 Å². The molecule has 2 N–H and O–H groups in total. The Morgan fingerprint density at radius 3 is 2.37 bits per heavy atom. The number of hydrogen-bond acceptors (Lipinski definition) is 4. The van der Waals surface area contributed by atoms with Gasteiger partial charge in [-0.25, -0.2) is 0 Å². The van der Waals surface area contributed by atoms with Gasteiger partial charge in [0.15, 0.2) is 5.11 Å². The van der Waals surface area contributed by atoms with E-state index in [1.807, 2.05) is 44.2 Å². The average Bonchev–Trinajstić information content (AvgIpc) is 2.70. The van der Waals surface area contributed by atoms with E-state index in [0.717, 1.165) is 43.4 Å². The Labute approximate surface area is 189 Å². The molecular weight excluding hydrogens is 416 g/mol. The summed E-state index contributed by atoms with van der Waals surface area (Å²) in [6.45, 7) is 8.84. The number of carbonyl (C=O) groups is 1. The van der Waals surface area contributed by atoms with Crippen LogP contribution < -0.4 is 15.5 Å². The Morgan fingerprint density at radius 1 is 1.07 bits per heavy atom. The number of amides is 1. The minimum Gasteiger partial charge on any atom is -0.369 e. The van der Waals surface area contributed by atoms with Gasteiger partial charge in [-0.1, -0.05) is 43.6 Å². The molecule has 30 heavy (non-hydrogen) atoms. The van der Waals surface area contributed by atoms with Crippen LogP contribution >= 0.6 is 23.8 Å². The molecule has 0 bridgehead atoms. The summed E-state index contributed by atoms with van der Waals surface area (Å²) in [7, 11) is 0. The summed E-state index contributed by atoms with van der Waals surface area (Å²) in [5.74, 6) is 0.242. The number of thiocarbonyl (C=S) groups is 1. The molecule has 2 aromatic rings. The molecule has 1 fully saturated rings. The largest absolute Gasteiger partial charge is 0.369 e. The molecule has 0 aromatic heterocycles. The lowest BCUT2D eigenvalue weighted by Gasteiger charge is -2.36. The Kier molecular flexibility index (Phi) is 8.08. The molecule has 1 aliphatic heterocycles. The average molecular weight is 445 g/mol. The van der Waals surface area contributed by atoms with Crippen LogP contribution in [0.15, 0.2) is 48.5 Å². The van der Waals surface area contributed by atoms with Gasteiger partial charge in [0.2, 0.25) is 5.91 Å². The van der Waals surface area contributed by atoms with E-state index in [9.17, 15) is 4.79 Å². The smallest absolute Gasteiger partial charge is 0.226 e. The van der Waals surface area contributed by atoms with Crippen LogP contribution in [-0.4, -0.2) is 42.1 Å². The van der Waals surface area contributed by atoms with E-state index in [1.54, 1.807) is 0 Å². The molecule has 1 aliphatic rings. The summed E-state index contributed by atoms with van der Waals surface area (Å²) < 4.78 is 0. The maximum absolute atomic E-state index is 11.8. The van der Waals surface area contributed by atoms with Crippen LogP contribution in [0.4, 0.5) is 11.4 Å². The number of piperazine rings is 1. The normalized spacial score (nSPS) is 14.6. The van der Waals surface area contributed by atoms with Gasteiger partial charge >= 0.3 is 0 Å². The van der Waals surface area contributed by atoms with Crippen LogP contribution in [0.25, 0.3) is 0 Å². The van der Waals surface area contributed by atoms with E-state index in [1.165, 1.54) is 11.3 Å². The van der Waals surface area contributed by atoms with Gasteiger partial charge in [-0.2, -0.15) is 0 Å². The standard InChI is InChI=1S/C23H29ClN4OS/c1-17(2)15-22(29)26-23(30)25-19-7-9-20(10-8-19)28-13-11-27(12-14-28)16-18-5-3-4-6-21(18)24/h3-10,17H,11-16H2,1-2H3,(H2,25,26,29,30). The van der Waals surface area contributed by atoms with Gasteiger partial charge in [-0.05, 0) is 54.0 Å². The summed E-state index contributed by atoms with van der Waals surface area (Å²) in [5, 5.41) is 6.97. The number of rotatable bonds is 6. The summed E-state index contributed by atoms with van der Waals surface area (Å²) in [6, 6.07) is 16.2. The fraction of sp³-hybridized carbons (Fsp3) is 0.391. The van der Waals surface area contributed by atoms with Gasteiger partial charge in [-0.3, -0.25) is 9.69 Å². The maximum Gasteiger partial charge on any atom is 0.226 e. The van der Waals surface area contributed by atoms with Crippen molar-refractivity contribution >= 4 is 46.2 Å². The zero-order chi connectivity index (χ0) is 21.5. The molecule has 7 heteroatoms. The molecule has 3 rings (SSSR count). The molecule has 0 radical (unpaired) electrons. The number of nitrogens with zero attached hydrogens (tertiary/aromatic N) is 2. The molecule has 0 spiro atoms. The second-order valence-electron chi connectivity index (χ2n) is 8.00. The zero-order valence-electron chi connectivity index (χ0n) is 17.5. The first-order chi connectivity index (χ1) is 14.4. The maximum atomic E-state index is 11.8. The summed E-state index contributed by atoms with van der Waals surface area (Å²) >= 11 is 11.5. The Balaban J connectivity index is 1.47. The van der Waals surface area contributed by atoms with E-state index in [2.05, 4.69) is 38.6 Å². The highest BCUT2D eigenvalue weighted by Gasteiger charge is 2.18. The number of hydrogen-bond donors (Lipinski definition) is 2. The van der Waals surface area contributed by atoms with Crippen molar-refractivity contribution in [3.05, 3.63) is 59.1 Å². The molecular formula is C23H29ClN4OS. The minimum atomic E-state index is -0.0613. The van der Waals surface area contributed by atoms with Crippen molar-refractivity contribution in [3.63, 3.8) is 0 Å². The lowest BCUT2D eigenvalue weighted by Crippen LogP contribution is -2.46. The Hall–Kier alpha value is -2.15. The zero-order valence-corrected chi connectivity index (χ0v) is 19.1. The van der Waals surface area contributed by atoms with Crippen LogP contribution in [-0.2, 0) is 11.3 Å². The highest BCUT2D eigenvalue weighted by Crippen LogP contribution is 2.22. The third-order valence-electron chi connectivity index (χ3n) is 5.06. The topological polar surface area (TPSA) is 47.6 Å². The van der Waals surface area contributed by atoms with Gasteiger partial charge in [0, 0.05) is 55.5 Å². The third-order valence-corrected chi connectivity index (χ3v) is 5.63. The SMILES string of the molecule is CC(C)CC(=O)NC(=S)Nc1ccc(N2CCN(Cc3ccccc3Cl)CC2)cc1. The van der Waals surface area contributed by atoms with Crippen molar-refractivity contribution in [1.29, 1.82) is 0 Å². The Morgan fingerprint density at radius 2 is 1.73 bits per heavy atom. The van der Waals surface area contributed by atoms with Gasteiger partial charge in [0.05, 0.1) is 0 Å². The summed E-state index contributed by atoms with van der Waals surface area (Å²) in [6.07, 6.45) is 0.462. The quantitative estimate of drug-likeness (QED) is 0.641. The van der Waals surface area contributed by atoms with E-state index in [0.29, 0.717) is 17.5 Å². The summed E-state index contributed by atoms with van der Waals surface area (Å²) in [5.41, 5.74) is 3.23. The molecule has 5 nitrogen and oxygen atoms in total. The van der Waals surface area contributed by atoms with Crippen molar-refractivity contribution < 1.29 is 4.79 Å². The predicted molar refractivity (Wildman–Crippen MR) is 129 cm³/mol. The summed E-state index contributed by atoms with van der Waals surface area (Å²) in [4.78, 5) is 16.6. The number of anilines is 2. The molecule has 160 valence electrons. The minimum absolute atomic E-state index is 0.0613. The van der Waals surface area contributed by atoms with Gasteiger partial charge < -0.3 is 15.5 Å². The molecule has 1 saturated heterocycles. The third kappa shape index (κ3) is 6.69. The van der Waals surface area contributed by atoms with Crippen molar-refractivity contribution in [2.75, 3.05) is 36.4 Å². The fourth-order valence-electron chi connectivity index (χ4n) is 3.50. The van der Waals surface area contributed by atoms with E-state index in [-0.39, 0.29) is 5.91 Å². The first kappa shape index (κ1) is 22.5. The second kappa shape index (κ2) is 10.8. The van der Waals surface area contributed by atoms with Crippen molar-refractivity contribution in [2.45, 2.75) is 26.8 Å². The molecule has 2 aromatic carbocycles. The fourth-order valence-corrected chi connectivity index (χ4v) is 3.93. The first-order valence-electron chi connectivity index (χ1n) is 10.3. The number of nitrogens with one attached hydrogen (secondary N) is 2.